The van der Waals surface area contributed by atoms with Crippen LogP contribution in [0.1, 0.15) is 29.1 Å². The molecule has 10 heteroatoms. The number of hydrogen-bond acceptors (Lipinski definition) is 9. The number of ether oxygens (including phenoxy) is 1. The van der Waals surface area contributed by atoms with Gasteiger partial charge in [0.15, 0.2) is 5.82 Å². The first-order valence-electron chi connectivity index (χ1n) is 9.83. The molecular weight excluding hydrogens is 432 g/mol. The van der Waals surface area contributed by atoms with Gasteiger partial charge in [-0.05, 0) is 26.0 Å². The fourth-order valence-electron chi connectivity index (χ4n) is 2.71. The Bertz CT molecular complexity index is 1100. The molecule has 0 unspecified atom stereocenters. The van der Waals surface area contributed by atoms with Crippen molar-refractivity contribution in [2.24, 2.45) is 0 Å². The van der Waals surface area contributed by atoms with Gasteiger partial charge in [0.05, 0.1) is 16.5 Å². The van der Waals surface area contributed by atoms with E-state index in [0.717, 1.165) is 24.5 Å². The molecule has 8 nitrogen and oxygen atoms in total. The average molecular weight is 457 g/mol. The number of carbonyl (C=O) groups is 1. The molecule has 0 spiro atoms. The monoisotopic (exact) mass is 456 g/mol. The summed E-state index contributed by atoms with van der Waals surface area (Å²) < 4.78 is 4.83. The third-order valence-electron chi connectivity index (χ3n) is 4.15. The highest BCUT2D eigenvalue weighted by molar-refractivity contribution is 7.17. The van der Waals surface area contributed by atoms with E-state index in [1.807, 2.05) is 38.2 Å². The van der Waals surface area contributed by atoms with Crippen molar-refractivity contribution in [1.82, 2.24) is 25.3 Å². The fraction of sp³-hybridized carbons (Fsp3) is 0.286. The number of hydrogen-bond donors (Lipinski definition) is 2. The van der Waals surface area contributed by atoms with E-state index in [-0.39, 0.29) is 11.7 Å². The number of thiophene rings is 1. The van der Waals surface area contributed by atoms with Crippen molar-refractivity contribution in [2.75, 3.05) is 25.5 Å². The van der Waals surface area contributed by atoms with Crippen LogP contribution in [0.25, 0.3) is 21.7 Å². The first kappa shape index (κ1) is 22.7. The smallest absolute Gasteiger partial charge is 0.252 e. The largest absolute Gasteiger partial charge is 0.383 e. The zero-order valence-electron chi connectivity index (χ0n) is 17.4. The highest BCUT2D eigenvalue weighted by atomic mass is 32.1. The number of nitrogen functional groups attached to an aromatic ring is 1. The van der Waals surface area contributed by atoms with Crippen molar-refractivity contribution in [3.05, 3.63) is 51.9 Å². The maximum Gasteiger partial charge on any atom is 0.252 e. The van der Waals surface area contributed by atoms with E-state index >= 15 is 0 Å². The van der Waals surface area contributed by atoms with Crippen molar-refractivity contribution >= 4 is 44.6 Å². The summed E-state index contributed by atoms with van der Waals surface area (Å²) in [5.41, 5.74) is 9.05. The van der Waals surface area contributed by atoms with Gasteiger partial charge in [-0.25, -0.2) is 9.97 Å². The van der Waals surface area contributed by atoms with Gasteiger partial charge >= 0.3 is 0 Å². The molecule has 4 rings (SSSR count). The van der Waals surface area contributed by atoms with Crippen LogP contribution in [0.3, 0.4) is 0 Å². The van der Waals surface area contributed by atoms with Gasteiger partial charge in [-0.2, -0.15) is 0 Å². The molecule has 0 saturated carbocycles. The van der Waals surface area contributed by atoms with E-state index in [2.05, 4.69) is 25.3 Å². The number of fused-ring (bicyclic) bond motifs is 1. The Morgan fingerprint density at radius 2 is 2.03 bits per heavy atom. The lowest BCUT2D eigenvalue weighted by atomic mass is 10.2. The van der Waals surface area contributed by atoms with Gasteiger partial charge in [0.25, 0.3) is 5.91 Å². The molecule has 0 fully saturated rings. The summed E-state index contributed by atoms with van der Waals surface area (Å²) in [5, 5.41) is 5.26. The predicted molar refractivity (Wildman–Crippen MR) is 125 cm³/mol. The molecule has 4 aromatic heterocycles. The number of pyridine rings is 1. The predicted octanol–water partition coefficient (Wildman–Crippen LogP) is 3.81. The molecule has 162 valence electrons. The Hall–Kier alpha value is -2.95. The number of rotatable bonds is 7. The third kappa shape index (κ3) is 6.03. The molecule has 0 radical (unpaired) electrons. The molecule has 0 bridgehead atoms. The Balaban J connectivity index is 0.000000491. The number of nitrogens with two attached hydrogens (primary N) is 1. The van der Waals surface area contributed by atoms with E-state index in [1.54, 1.807) is 28.4 Å². The quantitative estimate of drug-likeness (QED) is 0.434. The second-order valence-electron chi connectivity index (χ2n) is 6.23. The Kier molecular flexibility index (Phi) is 8.39. The Morgan fingerprint density at radius 1 is 1.19 bits per heavy atom. The molecule has 0 aliphatic heterocycles. The van der Waals surface area contributed by atoms with E-state index in [4.69, 9.17) is 10.5 Å². The van der Waals surface area contributed by atoms with Crippen LogP contribution in [0.15, 0.2) is 41.5 Å². The molecule has 1 amide bonds. The van der Waals surface area contributed by atoms with Gasteiger partial charge in [-0.15, -0.1) is 22.7 Å². The second-order valence-corrected chi connectivity index (χ2v) is 8.06. The molecule has 4 aromatic rings. The maximum absolute atomic E-state index is 12.5. The van der Waals surface area contributed by atoms with Gasteiger partial charge in [0.2, 0.25) is 0 Å². The molecule has 31 heavy (non-hydrogen) atoms. The number of thiazole rings is 1. The first-order chi connectivity index (χ1) is 15.1. The minimum absolute atomic E-state index is 0.179. The maximum atomic E-state index is 12.5. The number of amides is 1. The highest BCUT2D eigenvalue weighted by Gasteiger charge is 2.18. The van der Waals surface area contributed by atoms with Crippen molar-refractivity contribution < 1.29 is 9.53 Å². The van der Waals surface area contributed by atoms with Crippen LogP contribution in [-0.2, 0) is 11.2 Å². The first-order valence-corrected chi connectivity index (χ1v) is 11.6. The number of nitrogens with one attached hydrogen (secondary N) is 1. The number of carbonyl (C=O) groups excluding carboxylic acids is 1. The standard InChI is InChI=1S/C17H14N6OS2.C4H10O/c18-14-13-11(16(24)21-6-4-10-7-19-9-26-10)8-25-17(13)23-15(22-14)12-3-1-2-5-20-12;1-3-5-4-2/h1-3,5,7-9H,4,6H2,(H,21,24)(H2,18,22,23);3-4H2,1-2H3. The van der Waals surface area contributed by atoms with Crippen LogP contribution in [-0.4, -0.2) is 45.6 Å². The van der Waals surface area contributed by atoms with Gasteiger partial charge in [-0.1, -0.05) is 6.07 Å². The summed E-state index contributed by atoms with van der Waals surface area (Å²) in [5.74, 6) is 0.556. The number of anilines is 1. The Morgan fingerprint density at radius 3 is 2.68 bits per heavy atom. The van der Waals surface area contributed by atoms with Crippen LogP contribution in [0, 0.1) is 0 Å². The minimum Gasteiger partial charge on any atom is -0.383 e. The molecule has 0 aliphatic rings. The van der Waals surface area contributed by atoms with E-state index < -0.39 is 0 Å². The summed E-state index contributed by atoms with van der Waals surface area (Å²) in [6.07, 6.45) is 4.23. The van der Waals surface area contributed by atoms with Crippen LogP contribution >= 0.6 is 22.7 Å². The minimum atomic E-state index is -0.179. The SMILES string of the molecule is CCOCC.Nc1nc(-c2ccccn2)nc2scc(C(=O)NCCc3cncs3)c12. The van der Waals surface area contributed by atoms with Gasteiger partial charge in [0.1, 0.15) is 16.3 Å². The van der Waals surface area contributed by atoms with Gasteiger partial charge in [-0.3, -0.25) is 14.8 Å². The van der Waals surface area contributed by atoms with Crippen molar-refractivity contribution in [3.8, 4) is 11.5 Å². The lowest BCUT2D eigenvalue weighted by molar-refractivity contribution is 0.0956. The average Bonchev–Trinajstić information content (AvgIpc) is 3.45. The topological polar surface area (TPSA) is 116 Å². The van der Waals surface area contributed by atoms with E-state index in [1.165, 1.54) is 11.3 Å². The Labute approximate surface area is 188 Å². The molecule has 0 aliphatic carbocycles. The summed E-state index contributed by atoms with van der Waals surface area (Å²) >= 11 is 2.94. The van der Waals surface area contributed by atoms with Crippen LogP contribution < -0.4 is 11.1 Å². The van der Waals surface area contributed by atoms with E-state index in [0.29, 0.717) is 33.8 Å². The van der Waals surface area contributed by atoms with Crippen LogP contribution in [0.2, 0.25) is 0 Å². The molecule has 0 saturated heterocycles. The van der Waals surface area contributed by atoms with Crippen molar-refractivity contribution in [3.63, 3.8) is 0 Å². The van der Waals surface area contributed by atoms with Crippen molar-refractivity contribution in [1.29, 1.82) is 0 Å². The lowest BCUT2D eigenvalue weighted by Crippen LogP contribution is -2.25. The highest BCUT2D eigenvalue weighted by Crippen LogP contribution is 2.30. The summed E-state index contributed by atoms with van der Waals surface area (Å²) in [7, 11) is 0. The number of nitrogens with zero attached hydrogens (tertiary/aromatic N) is 4. The number of aromatic nitrogens is 4. The zero-order valence-corrected chi connectivity index (χ0v) is 19.0. The lowest BCUT2D eigenvalue weighted by Gasteiger charge is -2.05. The summed E-state index contributed by atoms with van der Waals surface area (Å²) in [4.78, 5) is 31.4. The van der Waals surface area contributed by atoms with Gasteiger partial charge < -0.3 is 15.8 Å². The van der Waals surface area contributed by atoms with Crippen LogP contribution in [0.5, 0.6) is 0 Å². The van der Waals surface area contributed by atoms with Crippen LogP contribution in [0.4, 0.5) is 5.82 Å². The normalized spacial score (nSPS) is 10.5. The third-order valence-corrected chi connectivity index (χ3v) is 5.86. The second kappa shape index (κ2) is 11.4. The molecule has 4 heterocycles. The van der Waals surface area contributed by atoms with Crippen molar-refractivity contribution in [2.45, 2.75) is 20.3 Å². The molecule has 0 atom stereocenters. The summed E-state index contributed by atoms with van der Waals surface area (Å²) in [6, 6.07) is 5.51. The van der Waals surface area contributed by atoms with Gasteiger partial charge in [0, 0.05) is 48.8 Å². The summed E-state index contributed by atoms with van der Waals surface area (Å²) in [6.45, 7) is 6.20. The molecule has 3 N–H and O–H groups in total. The van der Waals surface area contributed by atoms with E-state index in [9.17, 15) is 4.79 Å². The molecule has 0 aromatic carbocycles. The fourth-order valence-corrected chi connectivity index (χ4v) is 4.23. The molecular formula is C21H24N6O2S2. The zero-order chi connectivity index (χ0) is 22.1.